The summed E-state index contributed by atoms with van der Waals surface area (Å²) in [5, 5.41) is 3.41. The highest BCUT2D eigenvalue weighted by Gasteiger charge is 2.38. The van der Waals surface area contributed by atoms with Crippen molar-refractivity contribution in [3.63, 3.8) is 0 Å². The van der Waals surface area contributed by atoms with Gasteiger partial charge in [0, 0.05) is 19.6 Å². The third-order valence-electron chi connectivity index (χ3n) is 4.80. The number of aryl methyl sites for hydroxylation is 1. The first kappa shape index (κ1) is 13.6. The number of nitrogens with one attached hydrogen (secondary N) is 1. The van der Waals surface area contributed by atoms with Crippen molar-refractivity contribution in [2.45, 2.75) is 26.2 Å². The number of carbonyl (C=O) groups excluding carboxylic acids is 1. The summed E-state index contributed by atoms with van der Waals surface area (Å²) in [7, 11) is 0. The number of amides is 1. The Bertz CT molecular complexity index is 513. The van der Waals surface area contributed by atoms with E-state index in [0.29, 0.717) is 5.41 Å². The lowest BCUT2D eigenvalue weighted by molar-refractivity contribution is 0.0603. The Hall–Kier alpha value is -1.42. The van der Waals surface area contributed by atoms with E-state index < -0.39 is 5.82 Å². The van der Waals surface area contributed by atoms with Crippen LogP contribution in [0.15, 0.2) is 18.2 Å². The third-order valence-corrected chi connectivity index (χ3v) is 4.80. The Morgan fingerprint density at radius 1 is 1.30 bits per heavy atom. The average molecular weight is 276 g/mol. The second kappa shape index (κ2) is 5.17. The van der Waals surface area contributed by atoms with Crippen LogP contribution in [0.4, 0.5) is 4.39 Å². The topological polar surface area (TPSA) is 32.3 Å². The molecule has 2 aliphatic rings. The van der Waals surface area contributed by atoms with E-state index in [1.165, 1.54) is 12.5 Å². The molecule has 0 unspecified atom stereocenters. The van der Waals surface area contributed by atoms with Gasteiger partial charge in [-0.1, -0.05) is 11.6 Å². The first-order valence-corrected chi connectivity index (χ1v) is 7.36. The van der Waals surface area contributed by atoms with Gasteiger partial charge in [0.05, 0.1) is 5.56 Å². The highest BCUT2D eigenvalue weighted by atomic mass is 19.1. The smallest absolute Gasteiger partial charge is 0.256 e. The Labute approximate surface area is 119 Å². The van der Waals surface area contributed by atoms with Crippen LogP contribution in [0, 0.1) is 18.2 Å². The maximum absolute atomic E-state index is 13.8. The molecule has 2 heterocycles. The number of hydrogen-bond acceptors (Lipinski definition) is 2. The van der Waals surface area contributed by atoms with Crippen molar-refractivity contribution in [1.82, 2.24) is 10.2 Å². The predicted octanol–water partition coefficient (Wildman–Crippen LogP) is 2.35. The van der Waals surface area contributed by atoms with Gasteiger partial charge >= 0.3 is 0 Å². The molecule has 1 amide bonds. The Balaban J connectivity index is 1.71. The molecule has 1 spiro atoms. The summed E-state index contributed by atoms with van der Waals surface area (Å²) in [6, 6.07) is 4.73. The van der Waals surface area contributed by atoms with Crippen molar-refractivity contribution in [3.05, 3.63) is 35.1 Å². The fourth-order valence-electron chi connectivity index (χ4n) is 3.38. The summed E-state index contributed by atoms with van der Waals surface area (Å²) in [4.78, 5) is 14.3. The monoisotopic (exact) mass is 276 g/mol. The highest BCUT2D eigenvalue weighted by Crippen LogP contribution is 2.37. The van der Waals surface area contributed by atoms with E-state index in [9.17, 15) is 9.18 Å². The minimum Gasteiger partial charge on any atom is -0.339 e. The molecule has 1 aromatic rings. The van der Waals surface area contributed by atoms with Crippen LogP contribution < -0.4 is 5.32 Å². The van der Waals surface area contributed by atoms with Crippen LogP contribution in [-0.4, -0.2) is 37.0 Å². The second-order valence-electron chi connectivity index (χ2n) is 6.20. The van der Waals surface area contributed by atoms with Crippen molar-refractivity contribution < 1.29 is 9.18 Å². The fourth-order valence-corrected chi connectivity index (χ4v) is 3.38. The van der Waals surface area contributed by atoms with Gasteiger partial charge in [0.2, 0.25) is 0 Å². The molecule has 3 nitrogen and oxygen atoms in total. The van der Waals surface area contributed by atoms with E-state index in [-0.39, 0.29) is 11.5 Å². The summed E-state index contributed by atoms with van der Waals surface area (Å²) >= 11 is 0. The number of hydrogen-bond donors (Lipinski definition) is 1. The van der Waals surface area contributed by atoms with Crippen LogP contribution in [0.3, 0.4) is 0 Å². The molecule has 0 atom stereocenters. The fraction of sp³-hybridized carbons (Fsp3) is 0.562. The average Bonchev–Trinajstić information content (AvgIpc) is 2.90. The Morgan fingerprint density at radius 3 is 2.70 bits per heavy atom. The molecule has 2 fully saturated rings. The number of carbonyl (C=O) groups is 1. The van der Waals surface area contributed by atoms with Gasteiger partial charge in [-0.15, -0.1) is 0 Å². The molecule has 0 aliphatic carbocycles. The SMILES string of the molecule is Cc1ccc(F)c(C(=O)N2CCC3(CCNC3)CC2)c1. The molecule has 0 aromatic heterocycles. The minimum absolute atomic E-state index is 0.160. The summed E-state index contributed by atoms with van der Waals surface area (Å²) in [5.41, 5.74) is 1.51. The molecular formula is C16H21FN2O. The zero-order valence-electron chi connectivity index (χ0n) is 11.9. The molecular weight excluding hydrogens is 255 g/mol. The lowest BCUT2D eigenvalue weighted by Crippen LogP contribution is -2.44. The van der Waals surface area contributed by atoms with Crippen LogP contribution in [0.5, 0.6) is 0 Å². The largest absolute Gasteiger partial charge is 0.339 e. The van der Waals surface area contributed by atoms with Crippen molar-refractivity contribution in [2.24, 2.45) is 5.41 Å². The molecule has 1 aromatic carbocycles. The maximum Gasteiger partial charge on any atom is 0.256 e. The van der Waals surface area contributed by atoms with E-state index in [2.05, 4.69) is 5.32 Å². The molecule has 0 saturated carbocycles. The second-order valence-corrected chi connectivity index (χ2v) is 6.20. The molecule has 2 saturated heterocycles. The van der Waals surface area contributed by atoms with E-state index in [4.69, 9.17) is 0 Å². The van der Waals surface area contributed by atoms with Gasteiger partial charge < -0.3 is 10.2 Å². The van der Waals surface area contributed by atoms with Crippen LogP contribution in [0.25, 0.3) is 0 Å². The number of benzene rings is 1. The van der Waals surface area contributed by atoms with Crippen LogP contribution in [0.1, 0.15) is 35.2 Å². The lowest BCUT2D eigenvalue weighted by atomic mass is 9.78. The molecule has 0 bridgehead atoms. The Morgan fingerprint density at radius 2 is 2.05 bits per heavy atom. The number of likely N-dealkylation sites (tertiary alicyclic amines) is 1. The van der Waals surface area contributed by atoms with Crippen LogP contribution in [-0.2, 0) is 0 Å². The lowest BCUT2D eigenvalue weighted by Gasteiger charge is -2.39. The third kappa shape index (κ3) is 2.44. The van der Waals surface area contributed by atoms with Gasteiger partial charge in [0.1, 0.15) is 5.82 Å². The first-order chi connectivity index (χ1) is 9.60. The van der Waals surface area contributed by atoms with Gasteiger partial charge in [-0.05, 0) is 50.3 Å². The molecule has 3 rings (SSSR count). The summed E-state index contributed by atoms with van der Waals surface area (Å²) in [6.45, 7) is 5.52. The van der Waals surface area contributed by atoms with Gasteiger partial charge in [0.15, 0.2) is 0 Å². The molecule has 108 valence electrons. The molecule has 4 heteroatoms. The highest BCUT2D eigenvalue weighted by molar-refractivity contribution is 5.94. The van der Waals surface area contributed by atoms with E-state index in [0.717, 1.165) is 44.6 Å². The van der Waals surface area contributed by atoms with Crippen molar-refractivity contribution in [2.75, 3.05) is 26.2 Å². The van der Waals surface area contributed by atoms with Gasteiger partial charge in [0.25, 0.3) is 5.91 Å². The van der Waals surface area contributed by atoms with Crippen molar-refractivity contribution in [1.29, 1.82) is 0 Å². The first-order valence-electron chi connectivity index (χ1n) is 7.36. The minimum atomic E-state index is -0.414. The zero-order chi connectivity index (χ0) is 14.2. The van der Waals surface area contributed by atoms with Crippen LogP contribution in [0.2, 0.25) is 0 Å². The number of piperidine rings is 1. The van der Waals surface area contributed by atoms with Gasteiger partial charge in [-0.25, -0.2) is 4.39 Å². The zero-order valence-corrected chi connectivity index (χ0v) is 11.9. The molecule has 1 N–H and O–H groups in total. The van der Waals surface area contributed by atoms with Gasteiger partial charge in [-0.3, -0.25) is 4.79 Å². The molecule has 20 heavy (non-hydrogen) atoms. The van der Waals surface area contributed by atoms with E-state index in [1.54, 1.807) is 17.0 Å². The maximum atomic E-state index is 13.8. The summed E-state index contributed by atoms with van der Waals surface area (Å²) in [5.74, 6) is -0.574. The van der Waals surface area contributed by atoms with Crippen LogP contribution >= 0.6 is 0 Å². The Kier molecular flexibility index (Phi) is 3.50. The summed E-state index contributed by atoms with van der Waals surface area (Å²) < 4.78 is 13.8. The van der Waals surface area contributed by atoms with E-state index in [1.807, 2.05) is 6.92 Å². The molecule has 0 radical (unpaired) electrons. The summed E-state index contributed by atoms with van der Waals surface area (Å²) in [6.07, 6.45) is 3.26. The predicted molar refractivity (Wildman–Crippen MR) is 76.2 cm³/mol. The van der Waals surface area contributed by atoms with Gasteiger partial charge in [-0.2, -0.15) is 0 Å². The van der Waals surface area contributed by atoms with Crippen molar-refractivity contribution >= 4 is 5.91 Å². The quantitative estimate of drug-likeness (QED) is 0.854. The number of halogens is 1. The molecule has 2 aliphatic heterocycles. The number of nitrogens with zero attached hydrogens (tertiary/aromatic N) is 1. The van der Waals surface area contributed by atoms with Crippen molar-refractivity contribution in [3.8, 4) is 0 Å². The number of rotatable bonds is 1. The standard InChI is InChI=1S/C16H21FN2O/c1-12-2-3-14(17)13(10-12)15(20)19-8-5-16(6-9-19)4-7-18-11-16/h2-3,10,18H,4-9,11H2,1H3. The normalized spacial score (nSPS) is 21.4. The van der Waals surface area contributed by atoms with E-state index >= 15 is 0 Å².